The Morgan fingerprint density at radius 2 is 1.87 bits per heavy atom. The zero-order valence-electron chi connectivity index (χ0n) is 13.7. The van der Waals surface area contributed by atoms with E-state index in [1.807, 2.05) is 11.9 Å². The topological polar surface area (TPSA) is 52.7 Å². The number of carbonyl (C=O) groups excluding carboxylic acids is 2. The van der Waals surface area contributed by atoms with Gasteiger partial charge in [-0.3, -0.25) is 9.59 Å². The van der Waals surface area contributed by atoms with Gasteiger partial charge in [0.05, 0.1) is 0 Å². The molecule has 0 radical (unpaired) electrons. The fourth-order valence-corrected chi connectivity index (χ4v) is 2.93. The molecule has 1 aliphatic heterocycles. The van der Waals surface area contributed by atoms with Gasteiger partial charge < -0.3 is 15.1 Å². The Balaban J connectivity index is 1.69. The second-order valence-corrected chi connectivity index (χ2v) is 6.44. The molecule has 126 valence electrons. The number of nitrogens with one attached hydrogen (secondary N) is 1. The van der Waals surface area contributed by atoms with Crippen molar-refractivity contribution in [1.29, 1.82) is 0 Å². The van der Waals surface area contributed by atoms with Gasteiger partial charge in [0.2, 0.25) is 11.8 Å². The summed E-state index contributed by atoms with van der Waals surface area (Å²) >= 11 is 5.82. The number of piperidine rings is 1. The molecule has 23 heavy (non-hydrogen) atoms. The summed E-state index contributed by atoms with van der Waals surface area (Å²) in [7, 11) is 1.86. The largest absolute Gasteiger partial charge is 0.343 e. The quantitative estimate of drug-likeness (QED) is 0.898. The highest BCUT2D eigenvalue weighted by Crippen LogP contribution is 2.16. The second kappa shape index (κ2) is 8.31. The van der Waals surface area contributed by atoms with E-state index in [1.54, 1.807) is 31.2 Å². The van der Waals surface area contributed by atoms with Crippen LogP contribution in [0.2, 0.25) is 5.02 Å². The summed E-state index contributed by atoms with van der Waals surface area (Å²) in [6.45, 7) is 4.20. The Labute approximate surface area is 142 Å². The lowest BCUT2D eigenvalue weighted by Crippen LogP contribution is -2.45. The average molecular weight is 338 g/mol. The van der Waals surface area contributed by atoms with E-state index in [1.165, 1.54) is 0 Å². The third-order valence-electron chi connectivity index (χ3n) is 4.38. The van der Waals surface area contributed by atoms with Gasteiger partial charge in [-0.15, -0.1) is 0 Å². The summed E-state index contributed by atoms with van der Waals surface area (Å²) < 4.78 is 0. The predicted molar refractivity (Wildman–Crippen MR) is 92.6 cm³/mol. The van der Waals surface area contributed by atoms with Gasteiger partial charge in [0.25, 0.3) is 0 Å². The number of halogens is 1. The third kappa shape index (κ3) is 5.52. The third-order valence-corrected chi connectivity index (χ3v) is 4.64. The number of hydrogen-bond acceptors (Lipinski definition) is 3. The van der Waals surface area contributed by atoms with Gasteiger partial charge in [-0.25, -0.2) is 0 Å². The molecule has 0 saturated carbocycles. The molecule has 0 bridgehead atoms. The Hall–Kier alpha value is -1.59. The first-order valence-electron chi connectivity index (χ1n) is 7.97. The lowest BCUT2D eigenvalue weighted by Gasteiger charge is -2.36. The zero-order valence-corrected chi connectivity index (χ0v) is 14.5. The lowest BCUT2D eigenvalue weighted by molar-refractivity contribution is -0.130. The van der Waals surface area contributed by atoms with E-state index in [0.717, 1.165) is 38.2 Å². The first-order valence-corrected chi connectivity index (χ1v) is 8.34. The number of anilines is 1. The fraction of sp³-hybridized carbons (Fsp3) is 0.529. The predicted octanol–water partition coefficient (Wildman–Crippen LogP) is 2.61. The van der Waals surface area contributed by atoms with Crippen LogP contribution in [-0.2, 0) is 9.59 Å². The number of likely N-dealkylation sites (tertiary alicyclic amines) is 1. The number of carbonyl (C=O) groups is 2. The van der Waals surface area contributed by atoms with Crippen LogP contribution in [0.25, 0.3) is 0 Å². The maximum atomic E-state index is 12.0. The number of benzene rings is 1. The molecule has 1 aromatic carbocycles. The van der Waals surface area contributed by atoms with Crippen LogP contribution in [0.4, 0.5) is 5.69 Å². The van der Waals surface area contributed by atoms with Gasteiger partial charge in [-0.05, 0) is 37.1 Å². The van der Waals surface area contributed by atoms with Crippen LogP contribution in [-0.4, -0.2) is 54.3 Å². The maximum Gasteiger partial charge on any atom is 0.225 e. The molecule has 1 N–H and O–H groups in total. The molecule has 1 aliphatic rings. The molecular weight excluding hydrogens is 314 g/mol. The van der Waals surface area contributed by atoms with Crippen molar-refractivity contribution in [3.05, 3.63) is 29.3 Å². The molecule has 0 unspecified atom stereocenters. The summed E-state index contributed by atoms with van der Waals surface area (Å²) in [6, 6.07) is 7.43. The van der Waals surface area contributed by atoms with Crippen molar-refractivity contribution < 1.29 is 9.59 Å². The van der Waals surface area contributed by atoms with Gasteiger partial charge in [0.1, 0.15) is 0 Å². The smallest absolute Gasteiger partial charge is 0.225 e. The molecule has 0 aliphatic carbocycles. The second-order valence-electron chi connectivity index (χ2n) is 6.01. The summed E-state index contributed by atoms with van der Waals surface area (Å²) in [5, 5.41) is 3.53. The van der Waals surface area contributed by atoms with Gasteiger partial charge in [0, 0.05) is 56.8 Å². The summed E-state index contributed by atoms with van der Waals surface area (Å²) in [5.74, 6) is 0.126. The van der Waals surface area contributed by atoms with Crippen LogP contribution in [0.5, 0.6) is 0 Å². The molecule has 1 heterocycles. The molecule has 2 rings (SSSR count). The van der Waals surface area contributed by atoms with Crippen molar-refractivity contribution in [2.75, 3.05) is 32.0 Å². The van der Waals surface area contributed by atoms with E-state index in [4.69, 9.17) is 11.6 Å². The van der Waals surface area contributed by atoms with E-state index in [2.05, 4.69) is 10.2 Å². The van der Waals surface area contributed by atoms with E-state index >= 15 is 0 Å². The Bertz CT molecular complexity index is 539. The van der Waals surface area contributed by atoms with Crippen LogP contribution in [0, 0.1) is 0 Å². The van der Waals surface area contributed by atoms with Gasteiger partial charge in [0.15, 0.2) is 0 Å². The fourth-order valence-electron chi connectivity index (χ4n) is 2.80. The van der Waals surface area contributed by atoms with Crippen LogP contribution in [0.3, 0.4) is 0 Å². The lowest BCUT2D eigenvalue weighted by atomic mass is 10.0. The molecular formula is C17H24ClN3O2. The SMILES string of the molecule is CC(=O)N(C)C1CCN(CCC(=O)Nc2ccc(Cl)cc2)CC1. The van der Waals surface area contributed by atoms with Crippen molar-refractivity contribution in [2.24, 2.45) is 0 Å². The normalized spacial score (nSPS) is 16.1. The Kier molecular flexibility index (Phi) is 6.42. The van der Waals surface area contributed by atoms with Crippen molar-refractivity contribution >= 4 is 29.1 Å². The van der Waals surface area contributed by atoms with Crippen LogP contribution < -0.4 is 5.32 Å². The minimum absolute atomic E-state index is 0.00954. The first kappa shape index (κ1) is 17.8. The van der Waals surface area contributed by atoms with Crippen molar-refractivity contribution in [3.8, 4) is 0 Å². The van der Waals surface area contributed by atoms with Gasteiger partial charge in [-0.1, -0.05) is 11.6 Å². The summed E-state index contributed by atoms with van der Waals surface area (Å²) in [4.78, 5) is 27.5. The minimum atomic E-state index is 0.00954. The standard InChI is InChI=1S/C17H24ClN3O2/c1-13(22)20(2)16-7-10-21(11-8-16)12-9-17(23)19-15-5-3-14(18)4-6-15/h3-6,16H,7-12H2,1-2H3,(H,19,23). The highest BCUT2D eigenvalue weighted by Gasteiger charge is 2.23. The van der Waals surface area contributed by atoms with Gasteiger partial charge in [-0.2, -0.15) is 0 Å². The van der Waals surface area contributed by atoms with Gasteiger partial charge >= 0.3 is 0 Å². The zero-order chi connectivity index (χ0) is 16.8. The Morgan fingerprint density at radius 1 is 1.26 bits per heavy atom. The summed E-state index contributed by atoms with van der Waals surface area (Å²) in [5.41, 5.74) is 0.765. The van der Waals surface area contributed by atoms with E-state index in [0.29, 0.717) is 17.5 Å². The minimum Gasteiger partial charge on any atom is -0.343 e. The van der Waals surface area contributed by atoms with E-state index in [9.17, 15) is 9.59 Å². The molecule has 0 spiro atoms. The Morgan fingerprint density at radius 3 is 2.43 bits per heavy atom. The molecule has 6 heteroatoms. The van der Waals surface area contributed by atoms with E-state index in [-0.39, 0.29) is 11.8 Å². The molecule has 1 aromatic rings. The molecule has 1 saturated heterocycles. The molecule has 5 nitrogen and oxygen atoms in total. The molecule has 0 atom stereocenters. The van der Waals surface area contributed by atoms with Crippen LogP contribution in [0.15, 0.2) is 24.3 Å². The highest BCUT2D eigenvalue weighted by atomic mass is 35.5. The first-order chi connectivity index (χ1) is 11.0. The average Bonchev–Trinajstić information content (AvgIpc) is 2.55. The molecule has 1 fully saturated rings. The van der Waals surface area contributed by atoms with Crippen molar-refractivity contribution in [2.45, 2.75) is 32.2 Å². The monoisotopic (exact) mass is 337 g/mol. The van der Waals surface area contributed by atoms with E-state index < -0.39 is 0 Å². The number of hydrogen-bond donors (Lipinski definition) is 1. The van der Waals surface area contributed by atoms with Crippen molar-refractivity contribution in [3.63, 3.8) is 0 Å². The highest BCUT2D eigenvalue weighted by molar-refractivity contribution is 6.30. The number of amides is 2. The van der Waals surface area contributed by atoms with Crippen LogP contribution in [0.1, 0.15) is 26.2 Å². The number of nitrogens with zero attached hydrogens (tertiary/aromatic N) is 2. The maximum absolute atomic E-state index is 12.0. The molecule has 2 amide bonds. The van der Waals surface area contributed by atoms with Crippen LogP contribution >= 0.6 is 11.6 Å². The number of rotatable bonds is 5. The summed E-state index contributed by atoms with van der Waals surface area (Å²) in [6.07, 6.45) is 2.40. The molecule has 0 aromatic heterocycles. The van der Waals surface area contributed by atoms with Crippen molar-refractivity contribution in [1.82, 2.24) is 9.80 Å².